The van der Waals surface area contributed by atoms with Gasteiger partial charge in [0, 0.05) is 18.1 Å². The molecule has 90 valence electrons. The third-order valence-electron chi connectivity index (χ3n) is 1.93. The normalized spacial score (nSPS) is 12.5. The lowest BCUT2D eigenvalue weighted by Gasteiger charge is -2.23. The molecule has 4 nitrogen and oxygen atoms in total. The van der Waals surface area contributed by atoms with Gasteiger partial charge in [0.05, 0.1) is 0 Å². The summed E-state index contributed by atoms with van der Waals surface area (Å²) in [5.41, 5.74) is -0.0172. The molecule has 0 aliphatic heterocycles. The Balaban J connectivity index is 4.01. The predicted octanol–water partition coefficient (Wildman–Crippen LogP) is 0.958. The summed E-state index contributed by atoms with van der Waals surface area (Å²) in [5.74, 6) is -0.864. The van der Waals surface area contributed by atoms with Gasteiger partial charge in [0.1, 0.15) is 5.75 Å². The van der Waals surface area contributed by atoms with Crippen molar-refractivity contribution in [2.24, 2.45) is 5.41 Å². The highest BCUT2D eigenvalue weighted by molar-refractivity contribution is 9.09. The van der Waals surface area contributed by atoms with Gasteiger partial charge in [-0.2, -0.15) is 0 Å². The summed E-state index contributed by atoms with van der Waals surface area (Å²) in [7, 11) is -3.22. The van der Waals surface area contributed by atoms with Crippen LogP contribution in [0.2, 0.25) is 0 Å². The van der Waals surface area contributed by atoms with E-state index in [-0.39, 0.29) is 5.41 Å². The monoisotopic (exact) mass is 299 g/mol. The van der Waals surface area contributed by atoms with Crippen molar-refractivity contribution in [3.05, 3.63) is 0 Å². The molecule has 0 spiro atoms. The fourth-order valence-electron chi connectivity index (χ4n) is 0.971. The van der Waals surface area contributed by atoms with E-state index in [1.54, 1.807) is 0 Å². The molecular weight excluding hydrogens is 282 g/mol. The topological polar surface area (TPSA) is 63.2 Å². The van der Waals surface area contributed by atoms with Gasteiger partial charge in [0.2, 0.25) is 5.91 Å². The van der Waals surface area contributed by atoms with E-state index in [4.69, 9.17) is 0 Å². The molecule has 0 saturated carbocycles. The minimum absolute atomic E-state index is 0.0172. The fraction of sp³-hybridized carbons (Fsp3) is 0.889. The van der Waals surface area contributed by atoms with Crippen LogP contribution in [0.3, 0.4) is 0 Å². The van der Waals surface area contributed by atoms with Gasteiger partial charge in [-0.15, -0.1) is 0 Å². The van der Waals surface area contributed by atoms with Crippen LogP contribution in [0.15, 0.2) is 0 Å². The third-order valence-corrected chi connectivity index (χ3v) is 3.11. The number of rotatable bonds is 6. The number of carbonyl (C=O) groups excluding carboxylic acids is 1. The molecule has 0 aliphatic carbocycles. The molecule has 0 bridgehead atoms. The summed E-state index contributed by atoms with van der Waals surface area (Å²) in [6.07, 6.45) is 1.97. The Morgan fingerprint density at radius 3 is 2.33 bits per heavy atom. The van der Waals surface area contributed by atoms with Crippen molar-refractivity contribution in [2.75, 3.05) is 23.9 Å². The molecule has 6 heteroatoms. The van der Waals surface area contributed by atoms with Crippen molar-refractivity contribution in [3.8, 4) is 0 Å². The van der Waals surface area contributed by atoms with Gasteiger partial charge in [0.25, 0.3) is 0 Å². The Morgan fingerprint density at radius 2 is 1.93 bits per heavy atom. The largest absolute Gasteiger partial charge is 0.355 e. The summed E-state index contributed by atoms with van der Waals surface area (Å²) >= 11 is 3.33. The van der Waals surface area contributed by atoms with E-state index in [0.29, 0.717) is 6.54 Å². The van der Waals surface area contributed by atoms with Crippen molar-refractivity contribution in [1.82, 2.24) is 5.32 Å². The fourth-order valence-corrected chi connectivity index (χ4v) is 2.62. The molecule has 0 aromatic heterocycles. The Labute approximate surface area is 99.9 Å². The summed E-state index contributed by atoms with van der Waals surface area (Å²) < 4.78 is 21.6. The van der Waals surface area contributed by atoms with E-state index in [2.05, 4.69) is 21.2 Å². The maximum atomic E-state index is 11.2. The van der Waals surface area contributed by atoms with Crippen LogP contribution in [-0.4, -0.2) is 38.2 Å². The molecule has 0 unspecified atom stereocenters. The van der Waals surface area contributed by atoms with Crippen LogP contribution in [0.1, 0.15) is 20.3 Å². The maximum Gasteiger partial charge on any atom is 0.235 e. The van der Waals surface area contributed by atoms with E-state index in [0.717, 1.165) is 18.0 Å². The maximum absolute atomic E-state index is 11.2. The van der Waals surface area contributed by atoms with Crippen molar-refractivity contribution in [3.63, 3.8) is 0 Å². The van der Waals surface area contributed by atoms with E-state index < -0.39 is 21.5 Å². The zero-order valence-electron chi connectivity index (χ0n) is 9.34. The molecule has 0 saturated heterocycles. The first kappa shape index (κ1) is 14.9. The SMILES string of the molecule is CC(C)(CCBr)CNC(=O)CS(C)(=O)=O. The summed E-state index contributed by atoms with van der Waals surface area (Å²) in [6.45, 7) is 4.54. The van der Waals surface area contributed by atoms with E-state index in [1.165, 1.54) is 0 Å². The second kappa shape index (κ2) is 5.84. The average Bonchev–Trinajstić information content (AvgIpc) is 1.98. The minimum Gasteiger partial charge on any atom is -0.355 e. The molecule has 0 aromatic rings. The van der Waals surface area contributed by atoms with Crippen LogP contribution in [0, 0.1) is 5.41 Å². The van der Waals surface area contributed by atoms with Crippen molar-refractivity contribution in [1.29, 1.82) is 0 Å². The number of alkyl halides is 1. The van der Waals surface area contributed by atoms with E-state index in [9.17, 15) is 13.2 Å². The van der Waals surface area contributed by atoms with Gasteiger partial charge in [-0.3, -0.25) is 4.79 Å². The molecule has 0 aromatic carbocycles. The van der Waals surface area contributed by atoms with Crippen LogP contribution >= 0.6 is 15.9 Å². The van der Waals surface area contributed by atoms with Crippen LogP contribution in [-0.2, 0) is 14.6 Å². The Hall–Kier alpha value is -0.100. The highest BCUT2D eigenvalue weighted by Gasteiger charge is 2.19. The number of sulfone groups is 1. The zero-order chi connectivity index (χ0) is 12.1. The van der Waals surface area contributed by atoms with Gasteiger partial charge < -0.3 is 5.32 Å². The number of amides is 1. The molecule has 0 rings (SSSR count). The molecule has 0 aliphatic rings. The number of hydrogen-bond donors (Lipinski definition) is 1. The third kappa shape index (κ3) is 8.87. The quantitative estimate of drug-likeness (QED) is 0.743. The standard InChI is InChI=1S/C9H18BrNO3S/c1-9(2,4-5-10)7-11-8(12)6-15(3,13)14/h4-7H2,1-3H3,(H,11,12). The summed E-state index contributed by atoms with van der Waals surface area (Å²) in [4.78, 5) is 11.2. The highest BCUT2D eigenvalue weighted by Crippen LogP contribution is 2.19. The van der Waals surface area contributed by atoms with E-state index >= 15 is 0 Å². The molecule has 1 amide bonds. The average molecular weight is 300 g/mol. The Bertz CT molecular complexity index is 311. The zero-order valence-corrected chi connectivity index (χ0v) is 11.7. The molecule has 1 N–H and O–H groups in total. The van der Waals surface area contributed by atoms with Gasteiger partial charge >= 0.3 is 0 Å². The molecule has 15 heavy (non-hydrogen) atoms. The first-order chi connectivity index (χ1) is 6.66. The van der Waals surface area contributed by atoms with Crippen molar-refractivity contribution < 1.29 is 13.2 Å². The molecule has 0 fully saturated rings. The number of carbonyl (C=O) groups is 1. The highest BCUT2D eigenvalue weighted by atomic mass is 79.9. The van der Waals surface area contributed by atoms with Crippen LogP contribution in [0.25, 0.3) is 0 Å². The number of hydrogen-bond acceptors (Lipinski definition) is 3. The van der Waals surface area contributed by atoms with E-state index in [1.807, 2.05) is 13.8 Å². The van der Waals surface area contributed by atoms with Crippen LogP contribution < -0.4 is 5.32 Å². The first-order valence-electron chi connectivity index (χ1n) is 4.67. The molecule has 0 radical (unpaired) electrons. The second-order valence-electron chi connectivity index (χ2n) is 4.45. The molecule has 0 heterocycles. The molecule has 0 atom stereocenters. The lowest BCUT2D eigenvalue weighted by atomic mass is 9.90. The lowest BCUT2D eigenvalue weighted by molar-refractivity contribution is -0.119. The number of halogens is 1. The Kier molecular flexibility index (Phi) is 5.80. The predicted molar refractivity (Wildman–Crippen MR) is 64.9 cm³/mol. The van der Waals surface area contributed by atoms with Crippen LogP contribution in [0.4, 0.5) is 0 Å². The van der Waals surface area contributed by atoms with Gasteiger partial charge in [0.15, 0.2) is 9.84 Å². The summed E-state index contributed by atoms with van der Waals surface area (Å²) in [5, 5.41) is 3.49. The van der Waals surface area contributed by atoms with Crippen LogP contribution in [0.5, 0.6) is 0 Å². The van der Waals surface area contributed by atoms with Gasteiger partial charge in [-0.25, -0.2) is 8.42 Å². The van der Waals surface area contributed by atoms with Crippen molar-refractivity contribution >= 4 is 31.7 Å². The number of nitrogens with one attached hydrogen (secondary N) is 1. The van der Waals surface area contributed by atoms with Gasteiger partial charge in [-0.05, 0) is 11.8 Å². The second-order valence-corrected chi connectivity index (χ2v) is 7.38. The smallest absolute Gasteiger partial charge is 0.235 e. The summed E-state index contributed by atoms with van der Waals surface area (Å²) in [6, 6.07) is 0. The Morgan fingerprint density at radius 1 is 1.40 bits per heavy atom. The lowest BCUT2D eigenvalue weighted by Crippen LogP contribution is -2.37. The first-order valence-corrected chi connectivity index (χ1v) is 7.85. The minimum atomic E-state index is -3.22. The van der Waals surface area contributed by atoms with Crippen molar-refractivity contribution in [2.45, 2.75) is 20.3 Å². The van der Waals surface area contributed by atoms with Gasteiger partial charge in [-0.1, -0.05) is 29.8 Å². The molecular formula is C9H18BrNO3S.